The van der Waals surface area contributed by atoms with Crippen molar-refractivity contribution in [3.05, 3.63) is 0 Å². The van der Waals surface area contributed by atoms with E-state index in [2.05, 4.69) is 29.9 Å². The third-order valence-corrected chi connectivity index (χ3v) is 1.43. The summed E-state index contributed by atoms with van der Waals surface area (Å²) in [4.78, 5) is 2.25. The minimum absolute atomic E-state index is 0.945. The highest BCUT2D eigenvalue weighted by Gasteiger charge is 1.92. The summed E-state index contributed by atoms with van der Waals surface area (Å²) in [5.74, 6) is 0.945. The van der Waals surface area contributed by atoms with E-state index in [1.54, 1.807) is 0 Å². The number of hydrogen-bond donors (Lipinski definition) is 2. The highest BCUT2D eigenvalue weighted by atomic mass is 32.1. The Labute approximate surface area is 63.0 Å². The van der Waals surface area contributed by atoms with Gasteiger partial charge in [0.05, 0.1) is 0 Å². The average molecular weight is 148 g/mol. The van der Waals surface area contributed by atoms with Crippen LogP contribution in [-0.2, 0) is 0 Å². The molecule has 0 fully saturated rings. The highest BCUT2D eigenvalue weighted by molar-refractivity contribution is 7.80. The topological polar surface area (TPSA) is 15.3 Å². The lowest BCUT2D eigenvalue weighted by atomic mass is 10.5. The number of rotatable bonds is 5. The fraction of sp³-hybridized carbons (Fsp3) is 1.00. The first-order chi connectivity index (χ1) is 4.31. The SMILES string of the molecule is CNCCN(C)CCS. The fourth-order valence-corrected chi connectivity index (χ4v) is 0.927. The molecular weight excluding hydrogens is 132 g/mol. The zero-order chi connectivity index (χ0) is 7.11. The molecule has 0 aliphatic carbocycles. The summed E-state index contributed by atoms with van der Waals surface area (Å²) in [6, 6.07) is 0. The minimum Gasteiger partial charge on any atom is -0.318 e. The van der Waals surface area contributed by atoms with Crippen molar-refractivity contribution in [2.24, 2.45) is 0 Å². The van der Waals surface area contributed by atoms with E-state index in [1.165, 1.54) is 0 Å². The Hall–Kier alpha value is 0.270. The van der Waals surface area contributed by atoms with E-state index in [-0.39, 0.29) is 0 Å². The Morgan fingerprint density at radius 3 is 2.56 bits per heavy atom. The molecule has 0 spiro atoms. The zero-order valence-corrected chi connectivity index (χ0v) is 7.12. The maximum Gasteiger partial charge on any atom is 0.0104 e. The predicted octanol–water partition coefficient (Wildman–Crippen LogP) is 0.0674. The molecule has 0 aromatic rings. The van der Waals surface area contributed by atoms with Gasteiger partial charge in [0.25, 0.3) is 0 Å². The molecule has 0 radical (unpaired) electrons. The Balaban J connectivity index is 2.95. The van der Waals surface area contributed by atoms with Crippen LogP contribution in [0, 0.1) is 0 Å². The van der Waals surface area contributed by atoms with Gasteiger partial charge in [0.1, 0.15) is 0 Å². The molecule has 0 aliphatic heterocycles. The first-order valence-electron chi connectivity index (χ1n) is 3.25. The lowest BCUT2D eigenvalue weighted by Crippen LogP contribution is -2.28. The van der Waals surface area contributed by atoms with Gasteiger partial charge in [-0.3, -0.25) is 0 Å². The highest BCUT2D eigenvalue weighted by Crippen LogP contribution is 1.81. The molecule has 0 aromatic carbocycles. The van der Waals surface area contributed by atoms with Crippen LogP contribution >= 0.6 is 12.6 Å². The molecule has 0 aromatic heterocycles. The zero-order valence-electron chi connectivity index (χ0n) is 6.22. The number of nitrogens with zero attached hydrogens (tertiary/aromatic N) is 1. The monoisotopic (exact) mass is 148 g/mol. The fourth-order valence-electron chi connectivity index (χ4n) is 0.585. The molecule has 0 unspecified atom stereocenters. The van der Waals surface area contributed by atoms with Gasteiger partial charge >= 0.3 is 0 Å². The summed E-state index contributed by atoms with van der Waals surface area (Å²) in [6.45, 7) is 3.24. The Morgan fingerprint density at radius 2 is 2.11 bits per heavy atom. The number of likely N-dealkylation sites (N-methyl/N-ethyl adjacent to an activating group) is 2. The van der Waals surface area contributed by atoms with E-state index >= 15 is 0 Å². The molecule has 3 heteroatoms. The molecule has 56 valence electrons. The van der Waals surface area contributed by atoms with Crippen LogP contribution in [0.25, 0.3) is 0 Å². The van der Waals surface area contributed by atoms with Crippen LogP contribution in [0.15, 0.2) is 0 Å². The third-order valence-electron chi connectivity index (χ3n) is 1.23. The summed E-state index contributed by atoms with van der Waals surface area (Å²) in [5, 5.41) is 3.09. The standard InChI is InChI=1S/C6H16N2S/c1-7-3-4-8(2)5-6-9/h7,9H,3-6H2,1-2H3. The van der Waals surface area contributed by atoms with E-state index in [1.807, 2.05) is 7.05 Å². The average Bonchev–Trinajstić information content (AvgIpc) is 1.85. The van der Waals surface area contributed by atoms with Crippen LogP contribution in [0.5, 0.6) is 0 Å². The van der Waals surface area contributed by atoms with Gasteiger partial charge in [-0.05, 0) is 14.1 Å². The van der Waals surface area contributed by atoms with E-state index in [0.717, 1.165) is 25.4 Å². The van der Waals surface area contributed by atoms with Crippen molar-refractivity contribution in [2.75, 3.05) is 39.5 Å². The van der Waals surface area contributed by atoms with Crippen LogP contribution in [0.2, 0.25) is 0 Å². The molecule has 0 aliphatic rings. The normalized spacial score (nSPS) is 10.7. The maximum atomic E-state index is 4.12. The van der Waals surface area contributed by atoms with Gasteiger partial charge in [-0.1, -0.05) is 0 Å². The molecule has 2 nitrogen and oxygen atoms in total. The largest absolute Gasteiger partial charge is 0.318 e. The molecule has 0 heterocycles. The van der Waals surface area contributed by atoms with Crippen LogP contribution in [0.4, 0.5) is 0 Å². The van der Waals surface area contributed by atoms with E-state index in [0.29, 0.717) is 0 Å². The Bertz CT molecular complexity index is 59.0. The van der Waals surface area contributed by atoms with E-state index in [9.17, 15) is 0 Å². The predicted molar refractivity (Wildman–Crippen MR) is 45.3 cm³/mol. The minimum atomic E-state index is 0.945. The van der Waals surface area contributed by atoms with Crippen LogP contribution in [0.1, 0.15) is 0 Å². The summed E-state index contributed by atoms with van der Waals surface area (Å²) >= 11 is 4.12. The van der Waals surface area contributed by atoms with Crippen LogP contribution in [0.3, 0.4) is 0 Å². The molecule has 1 N–H and O–H groups in total. The number of thiol groups is 1. The summed E-state index contributed by atoms with van der Waals surface area (Å²) < 4.78 is 0. The van der Waals surface area contributed by atoms with Crippen molar-refractivity contribution < 1.29 is 0 Å². The van der Waals surface area contributed by atoms with Gasteiger partial charge in [-0.25, -0.2) is 0 Å². The number of hydrogen-bond acceptors (Lipinski definition) is 3. The van der Waals surface area contributed by atoms with Crippen LogP contribution in [-0.4, -0.2) is 44.4 Å². The van der Waals surface area contributed by atoms with E-state index in [4.69, 9.17) is 0 Å². The second kappa shape index (κ2) is 6.39. The van der Waals surface area contributed by atoms with Crippen molar-refractivity contribution in [2.45, 2.75) is 0 Å². The van der Waals surface area contributed by atoms with E-state index < -0.39 is 0 Å². The molecule has 0 bridgehead atoms. The molecular formula is C6H16N2S. The molecule has 0 rings (SSSR count). The van der Waals surface area contributed by atoms with Crippen molar-refractivity contribution >= 4 is 12.6 Å². The van der Waals surface area contributed by atoms with Gasteiger partial charge in [0.15, 0.2) is 0 Å². The molecule has 0 saturated carbocycles. The maximum absolute atomic E-state index is 4.12. The second-order valence-corrected chi connectivity index (χ2v) is 2.58. The lowest BCUT2D eigenvalue weighted by molar-refractivity contribution is 0.357. The van der Waals surface area contributed by atoms with Gasteiger partial charge in [-0.2, -0.15) is 12.6 Å². The molecule has 9 heavy (non-hydrogen) atoms. The quantitative estimate of drug-likeness (QED) is 0.536. The second-order valence-electron chi connectivity index (χ2n) is 2.13. The molecule has 0 amide bonds. The van der Waals surface area contributed by atoms with Crippen LogP contribution < -0.4 is 5.32 Å². The van der Waals surface area contributed by atoms with Crippen molar-refractivity contribution in [3.8, 4) is 0 Å². The first-order valence-corrected chi connectivity index (χ1v) is 3.88. The summed E-state index contributed by atoms with van der Waals surface area (Å²) in [5.41, 5.74) is 0. The van der Waals surface area contributed by atoms with Gasteiger partial charge in [0.2, 0.25) is 0 Å². The molecule has 0 atom stereocenters. The van der Waals surface area contributed by atoms with Gasteiger partial charge in [0, 0.05) is 25.4 Å². The van der Waals surface area contributed by atoms with Crippen molar-refractivity contribution in [1.29, 1.82) is 0 Å². The summed E-state index contributed by atoms with van der Waals surface area (Å²) in [7, 11) is 4.07. The van der Waals surface area contributed by atoms with Crippen molar-refractivity contribution in [1.82, 2.24) is 10.2 Å². The van der Waals surface area contributed by atoms with Gasteiger partial charge in [-0.15, -0.1) is 0 Å². The molecule has 0 saturated heterocycles. The third kappa shape index (κ3) is 6.15. The lowest BCUT2D eigenvalue weighted by Gasteiger charge is -2.13. The summed E-state index contributed by atoms with van der Waals surface area (Å²) in [6.07, 6.45) is 0. The van der Waals surface area contributed by atoms with Gasteiger partial charge < -0.3 is 10.2 Å². The first kappa shape index (κ1) is 9.27. The smallest absolute Gasteiger partial charge is 0.0104 e. The Morgan fingerprint density at radius 1 is 1.44 bits per heavy atom. The Kier molecular flexibility index (Phi) is 6.58. The number of nitrogens with one attached hydrogen (secondary N) is 1. The van der Waals surface area contributed by atoms with Crippen molar-refractivity contribution in [3.63, 3.8) is 0 Å².